The van der Waals surface area contributed by atoms with Crippen LogP contribution in [0.15, 0.2) is 30.3 Å². The number of rotatable bonds is 0. The standard InChI is InChI=1S/C13H14AsN/c14-11-5-3-7-13-10(11)8-9-4-1-2-6-12(9)15-13/h1-2,4,6,8,11H,3,5,7,14H2. The molecule has 0 aliphatic heterocycles. The van der Waals surface area contributed by atoms with E-state index in [1.165, 1.54) is 35.9 Å². The monoisotopic (exact) mass is 259 g/mol. The molecular formula is C13H14AsN. The molecule has 15 heavy (non-hydrogen) atoms. The molecule has 2 heteroatoms. The molecule has 2 unspecified atom stereocenters. The van der Waals surface area contributed by atoms with E-state index in [4.69, 9.17) is 4.98 Å². The van der Waals surface area contributed by atoms with Gasteiger partial charge in [0.05, 0.1) is 0 Å². The zero-order valence-electron chi connectivity index (χ0n) is 8.61. The van der Waals surface area contributed by atoms with Gasteiger partial charge in [0, 0.05) is 0 Å². The van der Waals surface area contributed by atoms with Crippen LogP contribution in [0.2, 0.25) is 0 Å². The normalized spacial score (nSPS) is 20.2. The van der Waals surface area contributed by atoms with Crippen LogP contribution >= 0.6 is 0 Å². The predicted molar refractivity (Wildman–Crippen MR) is 66.0 cm³/mol. The van der Waals surface area contributed by atoms with E-state index in [1.54, 1.807) is 0 Å². The van der Waals surface area contributed by atoms with E-state index in [0.717, 1.165) is 10.2 Å². The Balaban J connectivity index is 2.27. The molecular weight excluding hydrogens is 245 g/mol. The fraction of sp³-hybridized carbons (Fsp3) is 0.308. The van der Waals surface area contributed by atoms with E-state index < -0.39 is 0 Å². The van der Waals surface area contributed by atoms with Gasteiger partial charge in [-0.3, -0.25) is 0 Å². The van der Waals surface area contributed by atoms with Crippen LogP contribution in [0.3, 0.4) is 0 Å². The van der Waals surface area contributed by atoms with Gasteiger partial charge in [0.2, 0.25) is 0 Å². The molecule has 1 aliphatic carbocycles. The van der Waals surface area contributed by atoms with Crippen LogP contribution in [0.4, 0.5) is 0 Å². The first kappa shape index (κ1) is 9.42. The van der Waals surface area contributed by atoms with E-state index in [9.17, 15) is 0 Å². The summed E-state index contributed by atoms with van der Waals surface area (Å²) in [7, 11) is 0. The van der Waals surface area contributed by atoms with Crippen molar-refractivity contribution in [3.05, 3.63) is 41.6 Å². The zero-order chi connectivity index (χ0) is 10.3. The molecule has 1 aliphatic rings. The van der Waals surface area contributed by atoms with Gasteiger partial charge in [0.25, 0.3) is 0 Å². The van der Waals surface area contributed by atoms with Crippen molar-refractivity contribution in [1.82, 2.24) is 4.98 Å². The van der Waals surface area contributed by atoms with Crippen molar-refractivity contribution in [3.8, 4) is 0 Å². The van der Waals surface area contributed by atoms with Gasteiger partial charge in [0.15, 0.2) is 0 Å². The molecule has 2 aromatic rings. The first-order valence-corrected chi connectivity index (χ1v) is 6.88. The van der Waals surface area contributed by atoms with Crippen molar-refractivity contribution >= 4 is 27.8 Å². The molecule has 0 bridgehead atoms. The number of benzene rings is 1. The number of nitrogens with zero attached hydrogens (tertiary/aromatic N) is 1. The summed E-state index contributed by atoms with van der Waals surface area (Å²) in [5.41, 5.74) is 3.99. The molecule has 0 spiro atoms. The second kappa shape index (κ2) is 3.64. The summed E-state index contributed by atoms with van der Waals surface area (Å²) in [6, 6.07) is 10.8. The first-order valence-electron chi connectivity index (χ1n) is 5.49. The summed E-state index contributed by atoms with van der Waals surface area (Å²) >= 11 is 1.84. The fourth-order valence-electron chi connectivity index (χ4n) is 2.34. The average Bonchev–Trinajstić information content (AvgIpc) is 2.27. The number of hydrogen-bond acceptors (Lipinski definition) is 1. The SMILES string of the molecule is [AsH2]C1CCCc2nc3ccccc3cc21. The predicted octanol–water partition coefficient (Wildman–Crippen LogP) is 2.25. The number of pyridine rings is 1. The van der Waals surface area contributed by atoms with Crippen LogP contribution in [0.25, 0.3) is 10.9 Å². The Bertz CT molecular complexity index is 507. The van der Waals surface area contributed by atoms with Crippen LogP contribution < -0.4 is 0 Å². The third kappa shape index (κ3) is 1.59. The Kier molecular flexibility index (Phi) is 2.29. The minimum atomic E-state index is 0.748. The second-order valence-corrected chi connectivity index (χ2v) is 5.90. The Morgan fingerprint density at radius 2 is 2.13 bits per heavy atom. The third-order valence-corrected chi connectivity index (χ3v) is 4.62. The van der Waals surface area contributed by atoms with E-state index in [-0.39, 0.29) is 0 Å². The maximum absolute atomic E-state index is 4.78. The van der Waals surface area contributed by atoms with Gasteiger partial charge in [-0.15, -0.1) is 0 Å². The van der Waals surface area contributed by atoms with Crippen molar-refractivity contribution in [1.29, 1.82) is 0 Å². The van der Waals surface area contributed by atoms with Crippen molar-refractivity contribution in [3.63, 3.8) is 0 Å². The summed E-state index contributed by atoms with van der Waals surface area (Å²) < 4.78 is 0.748. The molecule has 1 nitrogen and oxygen atoms in total. The molecule has 0 saturated heterocycles. The molecule has 1 heterocycles. The molecule has 3 rings (SSSR count). The number of aromatic nitrogens is 1. The van der Waals surface area contributed by atoms with E-state index in [1.807, 2.05) is 16.9 Å². The average molecular weight is 259 g/mol. The van der Waals surface area contributed by atoms with Gasteiger partial charge in [-0.2, -0.15) is 0 Å². The van der Waals surface area contributed by atoms with Gasteiger partial charge < -0.3 is 0 Å². The van der Waals surface area contributed by atoms with Crippen LogP contribution in [-0.4, -0.2) is 21.8 Å². The Morgan fingerprint density at radius 3 is 3.07 bits per heavy atom. The maximum atomic E-state index is 4.78. The molecule has 1 aromatic carbocycles. The summed E-state index contributed by atoms with van der Waals surface area (Å²) in [6.45, 7) is 0. The van der Waals surface area contributed by atoms with Crippen LogP contribution in [0.5, 0.6) is 0 Å². The summed E-state index contributed by atoms with van der Waals surface area (Å²) in [6.07, 6.45) is 3.81. The Labute approximate surface area is 98.4 Å². The summed E-state index contributed by atoms with van der Waals surface area (Å²) in [4.78, 5) is 4.78. The number of fused-ring (bicyclic) bond motifs is 2. The first-order chi connectivity index (χ1) is 7.34. The van der Waals surface area contributed by atoms with Crippen molar-refractivity contribution in [2.45, 2.75) is 24.0 Å². The van der Waals surface area contributed by atoms with E-state index >= 15 is 0 Å². The summed E-state index contributed by atoms with van der Waals surface area (Å²) in [5, 5.41) is 1.29. The van der Waals surface area contributed by atoms with Crippen LogP contribution in [0.1, 0.15) is 28.8 Å². The Morgan fingerprint density at radius 1 is 1.27 bits per heavy atom. The molecule has 76 valence electrons. The summed E-state index contributed by atoms with van der Waals surface area (Å²) in [5.74, 6) is 0. The van der Waals surface area contributed by atoms with Gasteiger partial charge in [-0.1, -0.05) is 0 Å². The molecule has 0 fully saturated rings. The molecule has 0 N–H and O–H groups in total. The zero-order valence-corrected chi connectivity index (χ0v) is 11.0. The van der Waals surface area contributed by atoms with Crippen molar-refractivity contribution in [2.24, 2.45) is 0 Å². The van der Waals surface area contributed by atoms with Crippen molar-refractivity contribution in [2.75, 3.05) is 0 Å². The number of aryl methyl sites for hydroxylation is 1. The molecule has 0 radical (unpaired) electrons. The van der Waals surface area contributed by atoms with Crippen LogP contribution in [-0.2, 0) is 6.42 Å². The van der Waals surface area contributed by atoms with Gasteiger partial charge in [-0.25, -0.2) is 0 Å². The van der Waals surface area contributed by atoms with Gasteiger partial charge in [-0.05, 0) is 0 Å². The number of hydrogen-bond donors (Lipinski definition) is 0. The Hall–Kier alpha value is -0.812. The van der Waals surface area contributed by atoms with Gasteiger partial charge >= 0.3 is 98.3 Å². The fourth-order valence-corrected chi connectivity index (χ4v) is 3.44. The van der Waals surface area contributed by atoms with Crippen LogP contribution in [0, 0.1) is 0 Å². The van der Waals surface area contributed by atoms with Crippen molar-refractivity contribution < 1.29 is 0 Å². The topological polar surface area (TPSA) is 12.9 Å². The van der Waals surface area contributed by atoms with Gasteiger partial charge in [0.1, 0.15) is 0 Å². The quantitative estimate of drug-likeness (QED) is 0.661. The molecule has 0 amide bonds. The van der Waals surface area contributed by atoms with E-state index in [0.29, 0.717) is 0 Å². The molecule has 0 saturated carbocycles. The second-order valence-electron chi connectivity index (χ2n) is 4.22. The number of para-hydroxylation sites is 1. The minimum absolute atomic E-state index is 0.748. The molecule has 2 atom stereocenters. The van der Waals surface area contributed by atoms with E-state index in [2.05, 4.69) is 30.3 Å². The third-order valence-electron chi connectivity index (χ3n) is 3.16. The molecule has 1 aromatic heterocycles.